The van der Waals surface area contributed by atoms with Gasteiger partial charge in [-0.1, -0.05) is 24.3 Å². The quantitative estimate of drug-likeness (QED) is 0.376. The van der Waals surface area contributed by atoms with E-state index in [2.05, 4.69) is 34.6 Å². The summed E-state index contributed by atoms with van der Waals surface area (Å²) in [6, 6.07) is 6.41. The Kier molecular flexibility index (Phi) is 5.01. The van der Waals surface area contributed by atoms with Crippen LogP contribution in [0.1, 0.15) is 37.3 Å². The normalized spacial score (nSPS) is 15.5. The van der Waals surface area contributed by atoms with E-state index in [1.165, 1.54) is 30.4 Å². The third-order valence-corrected chi connectivity index (χ3v) is 3.47. The molecule has 1 aromatic rings. The van der Waals surface area contributed by atoms with Gasteiger partial charge in [0.2, 0.25) is 0 Å². The number of anilines is 1. The summed E-state index contributed by atoms with van der Waals surface area (Å²) in [6.07, 6.45) is 9.96. The molecule has 1 aliphatic rings. The van der Waals surface area contributed by atoms with E-state index in [1.54, 1.807) is 0 Å². The number of nitrogens with zero attached hydrogens (tertiary/aromatic N) is 1. The number of rotatable bonds is 4. The molecule has 1 aliphatic carbocycles. The summed E-state index contributed by atoms with van der Waals surface area (Å²) >= 11 is 0. The highest BCUT2D eigenvalue weighted by Crippen LogP contribution is 2.27. The number of hydrogen-bond donors (Lipinski definition) is 2. The van der Waals surface area contributed by atoms with Gasteiger partial charge in [-0.2, -0.15) is 0 Å². The smallest absolute Gasteiger partial charge is 0.193 e. The van der Waals surface area contributed by atoms with Crippen molar-refractivity contribution in [1.29, 1.82) is 0 Å². The molecule has 102 valence electrons. The van der Waals surface area contributed by atoms with Gasteiger partial charge < -0.3 is 11.1 Å². The number of hydrogen-bond acceptors (Lipinski definition) is 1. The van der Waals surface area contributed by atoms with Gasteiger partial charge in [0.05, 0.1) is 0 Å². The number of guanidine groups is 1. The molecule has 0 heterocycles. The minimum atomic E-state index is 0.517. The number of benzene rings is 1. The third-order valence-electron chi connectivity index (χ3n) is 3.47. The summed E-state index contributed by atoms with van der Waals surface area (Å²) in [4.78, 5) is 4.34. The topological polar surface area (TPSA) is 50.4 Å². The molecule has 0 saturated heterocycles. The second-order valence-electron chi connectivity index (χ2n) is 4.90. The molecule has 3 heteroatoms. The molecule has 0 amide bonds. The van der Waals surface area contributed by atoms with Crippen molar-refractivity contribution in [1.82, 2.24) is 0 Å². The third kappa shape index (κ3) is 3.85. The lowest BCUT2D eigenvalue weighted by atomic mass is 9.90. The van der Waals surface area contributed by atoms with Crippen molar-refractivity contribution in [2.24, 2.45) is 10.7 Å². The Morgan fingerprint density at radius 3 is 3.05 bits per heavy atom. The molecule has 0 atom stereocenters. The fourth-order valence-corrected chi connectivity index (χ4v) is 2.50. The van der Waals surface area contributed by atoms with E-state index in [4.69, 9.17) is 5.73 Å². The van der Waals surface area contributed by atoms with Crippen LogP contribution < -0.4 is 11.1 Å². The Morgan fingerprint density at radius 1 is 1.37 bits per heavy atom. The number of nitrogens with one attached hydrogen (secondary N) is 1. The highest BCUT2D eigenvalue weighted by atomic mass is 15.1. The molecule has 0 unspecified atom stereocenters. The molecule has 0 aliphatic heterocycles. The lowest BCUT2D eigenvalue weighted by Crippen LogP contribution is -2.24. The Labute approximate surface area is 115 Å². The van der Waals surface area contributed by atoms with Gasteiger partial charge in [0.25, 0.3) is 0 Å². The number of aliphatic imine (C=N–C) groups is 1. The van der Waals surface area contributed by atoms with Gasteiger partial charge in [-0.3, -0.25) is 4.99 Å². The Morgan fingerprint density at radius 2 is 2.21 bits per heavy atom. The fourth-order valence-electron chi connectivity index (χ4n) is 2.50. The number of nitrogens with two attached hydrogens (primary N) is 1. The summed E-state index contributed by atoms with van der Waals surface area (Å²) in [5.41, 5.74) is 9.94. The van der Waals surface area contributed by atoms with Gasteiger partial charge in [-0.25, -0.2) is 0 Å². The molecule has 2 rings (SSSR count). The van der Waals surface area contributed by atoms with E-state index >= 15 is 0 Å². The van der Waals surface area contributed by atoms with Crippen molar-refractivity contribution >= 4 is 11.6 Å². The number of fused-ring (bicyclic) bond motifs is 1. The highest BCUT2D eigenvalue weighted by Gasteiger charge is 2.12. The van der Waals surface area contributed by atoms with Crippen LogP contribution in [0.3, 0.4) is 0 Å². The van der Waals surface area contributed by atoms with Crippen LogP contribution in [0.5, 0.6) is 0 Å². The molecule has 3 N–H and O–H groups in total. The van der Waals surface area contributed by atoms with Crippen LogP contribution in [0.4, 0.5) is 5.69 Å². The van der Waals surface area contributed by atoms with Crippen molar-refractivity contribution in [2.75, 3.05) is 11.9 Å². The summed E-state index contributed by atoms with van der Waals surface area (Å²) < 4.78 is 0. The Hall–Kier alpha value is -1.77. The molecule has 1 aromatic carbocycles. The van der Waals surface area contributed by atoms with Crippen molar-refractivity contribution in [3.8, 4) is 0 Å². The molecule has 0 saturated carbocycles. The van der Waals surface area contributed by atoms with E-state index < -0.39 is 0 Å². The Bertz CT molecular complexity index is 475. The molecule has 0 spiro atoms. The predicted octanol–water partition coefficient (Wildman–Crippen LogP) is 3.26. The van der Waals surface area contributed by atoms with Gasteiger partial charge in [0.15, 0.2) is 5.96 Å². The summed E-state index contributed by atoms with van der Waals surface area (Å²) in [5, 5.41) is 3.25. The summed E-state index contributed by atoms with van der Waals surface area (Å²) in [5.74, 6) is 0.517. The monoisotopic (exact) mass is 257 g/mol. The van der Waals surface area contributed by atoms with E-state index in [0.29, 0.717) is 5.96 Å². The zero-order valence-corrected chi connectivity index (χ0v) is 11.7. The maximum atomic E-state index is 5.94. The first kappa shape index (κ1) is 13.7. The van der Waals surface area contributed by atoms with Crippen LogP contribution in [0.25, 0.3) is 0 Å². The first-order valence-corrected chi connectivity index (χ1v) is 7.10. The van der Waals surface area contributed by atoms with E-state index in [1.807, 2.05) is 13.0 Å². The summed E-state index contributed by atoms with van der Waals surface area (Å²) in [6.45, 7) is 2.75. The lowest BCUT2D eigenvalue weighted by molar-refractivity contribution is 0.687. The SMILES string of the molecule is CC=CCCN=C(N)Nc1cccc2c1CCCC2. The lowest BCUT2D eigenvalue weighted by Gasteiger charge is -2.19. The van der Waals surface area contributed by atoms with E-state index in [-0.39, 0.29) is 0 Å². The van der Waals surface area contributed by atoms with Crippen molar-refractivity contribution in [2.45, 2.75) is 39.0 Å². The zero-order chi connectivity index (χ0) is 13.5. The standard InChI is InChI=1S/C16H23N3/c1-2-3-6-12-18-16(17)19-15-11-7-9-13-8-4-5-10-14(13)15/h2-3,7,9,11H,4-6,8,10,12H2,1H3,(H3,17,18,19). The molecule has 19 heavy (non-hydrogen) atoms. The van der Waals surface area contributed by atoms with Crippen LogP contribution in [-0.2, 0) is 12.8 Å². The number of allylic oxidation sites excluding steroid dienone is 1. The average Bonchev–Trinajstić information content (AvgIpc) is 2.44. The van der Waals surface area contributed by atoms with Crippen molar-refractivity contribution in [3.63, 3.8) is 0 Å². The molecule has 0 bridgehead atoms. The second-order valence-corrected chi connectivity index (χ2v) is 4.90. The van der Waals surface area contributed by atoms with E-state index in [9.17, 15) is 0 Å². The van der Waals surface area contributed by atoms with Gasteiger partial charge >= 0.3 is 0 Å². The largest absolute Gasteiger partial charge is 0.370 e. The maximum Gasteiger partial charge on any atom is 0.193 e. The van der Waals surface area contributed by atoms with Crippen molar-refractivity contribution < 1.29 is 0 Å². The summed E-state index contributed by atoms with van der Waals surface area (Å²) in [7, 11) is 0. The molecule has 0 radical (unpaired) electrons. The van der Waals surface area contributed by atoms with Gasteiger partial charge in [0.1, 0.15) is 0 Å². The molecule has 0 fully saturated rings. The molecular formula is C16H23N3. The fraction of sp³-hybridized carbons (Fsp3) is 0.438. The Balaban J connectivity index is 2.02. The minimum absolute atomic E-state index is 0.517. The molecule has 0 aromatic heterocycles. The first-order chi connectivity index (χ1) is 9.31. The first-order valence-electron chi connectivity index (χ1n) is 7.10. The maximum absolute atomic E-state index is 5.94. The van der Waals surface area contributed by atoms with Crippen LogP contribution in [0, 0.1) is 0 Å². The molecular weight excluding hydrogens is 234 g/mol. The van der Waals surface area contributed by atoms with Crippen LogP contribution in [0.2, 0.25) is 0 Å². The second kappa shape index (κ2) is 6.98. The minimum Gasteiger partial charge on any atom is -0.370 e. The van der Waals surface area contributed by atoms with Crippen LogP contribution >= 0.6 is 0 Å². The highest BCUT2D eigenvalue weighted by molar-refractivity contribution is 5.93. The van der Waals surface area contributed by atoms with Gasteiger partial charge in [-0.15, -0.1) is 0 Å². The van der Waals surface area contributed by atoms with E-state index in [0.717, 1.165) is 25.1 Å². The predicted molar refractivity (Wildman–Crippen MR) is 82.6 cm³/mol. The van der Waals surface area contributed by atoms with Gasteiger partial charge in [-0.05, 0) is 56.2 Å². The zero-order valence-electron chi connectivity index (χ0n) is 11.7. The number of aryl methyl sites for hydroxylation is 1. The molecule has 3 nitrogen and oxygen atoms in total. The van der Waals surface area contributed by atoms with Gasteiger partial charge in [0, 0.05) is 12.2 Å². The van der Waals surface area contributed by atoms with Crippen LogP contribution in [-0.4, -0.2) is 12.5 Å². The van der Waals surface area contributed by atoms with Crippen molar-refractivity contribution in [3.05, 3.63) is 41.5 Å². The average molecular weight is 257 g/mol. The van der Waals surface area contributed by atoms with Crippen LogP contribution in [0.15, 0.2) is 35.3 Å².